The molecule has 13 heteroatoms. The quantitative estimate of drug-likeness (QED) is 0.153. The first-order chi connectivity index (χ1) is 16.1. The summed E-state index contributed by atoms with van der Waals surface area (Å²) in [6.07, 6.45) is -0.996. The first-order valence-electron chi connectivity index (χ1n) is 11.1. The molecule has 208 valence electrons. The SMILES string of the molecule is CC(C)(C)OC(=O)NCCO.CCOC(=O)CBr.CCOC(=O)COCCNC(=O)OC(C)(C)C. The minimum atomic E-state index is -0.518. The lowest BCUT2D eigenvalue weighted by molar-refractivity contribution is -0.148. The Morgan fingerprint density at radius 1 is 0.771 bits per heavy atom. The van der Waals surface area contributed by atoms with Crippen LogP contribution < -0.4 is 10.6 Å². The Labute approximate surface area is 216 Å². The van der Waals surface area contributed by atoms with E-state index in [4.69, 9.17) is 19.3 Å². The topological polar surface area (TPSA) is 159 Å². The van der Waals surface area contributed by atoms with Gasteiger partial charge in [0.05, 0.1) is 26.4 Å². The lowest BCUT2D eigenvalue weighted by atomic mass is 10.2. The Bertz CT molecular complexity index is 590. The molecule has 0 aromatic rings. The number of carbonyl (C=O) groups is 4. The van der Waals surface area contributed by atoms with Crippen LogP contribution in [-0.2, 0) is 33.3 Å². The summed E-state index contributed by atoms with van der Waals surface area (Å²) in [4.78, 5) is 43.0. The minimum absolute atomic E-state index is 0.0702. The zero-order chi connectivity index (χ0) is 27.9. The van der Waals surface area contributed by atoms with Crippen LogP contribution in [0.2, 0.25) is 0 Å². The number of aliphatic hydroxyl groups excluding tert-OH is 1. The molecular formula is C22H43BrN2O10. The van der Waals surface area contributed by atoms with E-state index in [2.05, 4.69) is 36.0 Å². The fourth-order valence-corrected chi connectivity index (χ4v) is 1.73. The second-order valence-corrected chi connectivity index (χ2v) is 8.94. The van der Waals surface area contributed by atoms with Crippen molar-refractivity contribution >= 4 is 40.1 Å². The molecule has 0 aliphatic rings. The predicted molar refractivity (Wildman–Crippen MR) is 133 cm³/mol. The molecule has 0 bridgehead atoms. The maximum atomic E-state index is 11.2. The summed E-state index contributed by atoms with van der Waals surface area (Å²) in [5, 5.41) is 13.5. The van der Waals surface area contributed by atoms with Crippen LogP contribution in [0.4, 0.5) is 9.59 Å². The predicted octanol–water partition coefficient (Wildman–Crippen LogP) is 2.54. The lowest BCUT2D eigenvalue weighted by Crippen LogP contribution is -2.34. The molecule has 0 aliphatic carbocycles. The Morgan fingerprint density at radius 2 is 1.20 bits per heavy atom. The van der Waals surface area contributed by atoms with E-state index >= 15 is 0 Å². The normalized spacial score (nSPS) is 10.3. The number of carbonyl (C=O) groups excluding carboxylic acids is 4. The lowest BCUT2D eigenvalue weighted by Gasteiger charge is -2.19. The minimum Gasteiger partial charge on any atom is -0.465 e. The number of alkyl halides is 1. The van der Waals surface area contributed by atoms with Crippen LogP contribution in [0, 0.1) is 0 Å². The highest BCUT2D eigenvalue weighted by molar-refractivity contribution is 9.09. The summed E-state index contributed by atoms with van der Waals surface area (Å²) in [7, 11) is 0. The molecule has 0 aromatic carbocycles. The standard InChI is InChI=1S/C11H21NO5.C7H15NO3.C4H7BrO2/c1-5-16-9(13)8-15-7-6-12-10(14)17-11(2,3)4;1-7(2,3)11-6(10)8-4-5-9;1-2-7-4(6)3-5/h5-8H2,1-4H3,(H,12,14);9H,4-5H2,1-3H3,(H,8,10);2-3H2,1H3. The van der Waals surface area contributed by atoms with Gasteiger partial charge in [-0.3, -0.25) is 4.79 Å². The summed E-state index contributed by atoms with van der Waals surface area (Å²) in [5.41, 5.74) is -0.991. The van der Waals surface area contributed by atoms with Crippen LogP contribution >= 0.6 is 15.9 Å². The highest BCUT2D eigenvalue weighted by Gasteiger charge is 2.16. The summed E-state index contributed by atoms with van der Waals surface area (Å²) in [6.45, 7) is 15.6. The molecule has 0 heterocycles. The van der Waals surface area contributed by atoms with Crippen molar-refractivity contribution in [2.75, 3.05) is 51.5 Å². The Kier molecular flexibility index (Phi) is 23.9. The van der Waals surface area contributed by atoms with Gasteiger partial charge in [0.1, 0.15) is 23.1 Å². The zero-order valence-electron chi connectivity index (χ0n) is 22.2. The van der Waals surface area contributed by atoms with Crippen LogP contribution in [0.5, 0.6) is 0 Å². The molecule has 3 N–H and O–H groups in total. The van der Waals surface area contributed by atoms with Gasteiger partial charge in [-0.15, -0.1) is 0 Å². The highest BCUT2D eigenvalue weighted by Crippen LogP contribution is 2.06. The fourth-order valence-electron chi connectivity index (χ4n) is 1.57. The van der Waals surface area contributed by atoms with Gasteiger partial charge in [-0.2, -0.15) is 0 Å². The van der Waals surface area contributed by atoms with E-state index in [0.717, 1.165) is 0 Å². The van der Waals surface area contributed by atoms with Crippen molar-refractivity contribution < 1.29 is 48.0 Å². The zero-order valence-corrected chi connectivity index (χ0v) is 23.7. The number of aliphatic hydroxyl groups is 1. The first kappa shape index (κ1) is 37.4. The van der Waals surface area contributed by atoms with Gasteiger partial charge in [-0.1, -0.05) is 15.9 Å². The van der Waals surface area contributed by atoms with E-state index in [9.17, 15) is 19.2 Å². The third-order valence-corrected chi connectivity index (χ3v) is 3.09. The van der Waals surface area contributed by atoms with Crippen molar-refractivity contribution in [2.45, 2.75) is 66.6 Å². The van der Waals surface area contributed by atoms with Crippen molar-refractivity contribution in [1.82, 2.24) is 10.6 Å². The maximum Gasteiger partial charge on any atom is 0.407 e. The number of rotatable bonds is 10. The second-order valence-electron chi connectivity index (χ2n) is 8.38. The van der Waals surface area contributed by atoms with E-state index in [1.807, 2.05) is 0 Å². The number of nitrogens with one attached hydrogen (secondary N) is 2. The molecule has 0 aromatic heterocycles. The van der Waals surface area contributed by atoms with Gasteiger partial charge in [0.15, 0.2) is 0 Å². The average Bonchev–Trinajstić information content (AvgIpc) is 2.70. The van der Waals surface area contributed by atoms with Crippen molar-refractivity contribution in [3.63, 3.8) is 0 Å². The number of alkyl carbamates (subject to hydrolysis) is 2. The molecule has 0 spiro atoms. The van der Waals surface area contributed by atoms with Gasteiger partial charge in [-0.05, 0) is 55.4 Å². The number of hydrogen-bond donors (Lipinski definition) is 3. The van der Waals surface area contributed by atoms with Crippen LogP contribution in [0.25, 0.3) is 0 Å². The Morgan fingerprint density at radius 3 is 1.54 bits per heavy atom. The van der Waals surface area contributed by atoms with Crippen LogP contribution in [0.15, 0.2) is 0 Å². The van der Waals surface area contributed by atoms with E-state index < -0.39 is 29.4 Å². The molecule has 35 heavy (non-hydrogen) atoms. The number of esters is 2. The molecule has 0 rings (SSSR count). The van der Waals surface area contributed by atoms with Crippen molar-refractivity contribution in [3.05, 3.63) is 0 Å². The van der Waals surface area contributed by atoms with Gasteiger partial charge >= 0.3 is 24.1 Å². The van der Waals surface area contributed by atoms with E-state index in [1.54, 1.807) is 55.4 Å². The molecule has 0 saturated carbocycles. The molecule has 0 radical (unpaired) electrons. The first-order valence-corrected chi connectivity index (χ1v) is 12.2. The monoisotopic (exact) mass is 574 g/mol. The van der Waals surface area contributed by atoms with Gasteiger partial charge in [0.25, 0.3) is 0 Å². The highest BCUT2D eigenvalue weighted by atomic mass is 79.9. The third kappa shape index (κ3) is 36.6. The Balaban J connectivity index is -0.000000486. The number of halogens is 1. The summed E-state index contributed by atoms with van der Waals surface area (Å²) in [6, 6.07) is 0. The van der Waals surface area contributed by atoms with Gasteiger partial charge in [0, 0.05) is 13.1 Å². The largest absolute Gasteiger partial charge is 0.465 e. The third-order valence-electron chi connectivity index (χ3n) is 2.63. The van der Waals surface area contributed by atoms with Crippen LogP contribution in [-0.4, -0.2) is 91.9 Å². The van der Waals surface area contributed by atoms with Gasteiger partial charge < -0.3 is 39.4 Å². The van der Waals surface area contributed by atoms with Crippen LogP contribution in [0.1, 0.15) is 55.4 Å². The molecular weight excluding hydrogens is 532 g/mol. The van der Waals surface area contributed by atoms with Gasteiger partial charge in [-0.25, -0.2) is 14.4 Å². The summed E-state index contributed by atoms with van der Waals surface area (Å²) < 4.78 is 24.0. The molecule has 2 amide bonds. The van der Waals surface area contributed by atoms with E-state index in [1.165, 1.54) is 0 Å². The number of ether oxygens (including phenoxy) is 5. The molecule has 12 nitrogen and oxygen atoms in total. The molecule has 0 atom stereocenters. The van der Waals surface area contributed by atoms with Crippen molar-refractivity contribution in [2.24, 2.45) is 0 Å². The molecule has 0 aliphatic heterocycles. The Hall–Kier alpha value is -2.12. The second kappa shape index (κ2) is 22.4. The van der Waals surface area contributed by atoms with Gasteiger partial charge in [0.2, 0.25) is 0 Å². The van der Waals surface area contributed by atoms with E-state index in [0.29, 0.717) is 18.5 Å². The molecule has 0 fully saturated rings. The summed E-state index contributed by atoms with van der Waals surface area (Å²) in [5.74, 6) is -0.618. The molecule has 0 unspecified atom stereocenters. The fraction of sp³-hybridized carbons (Fsp3) is 0.818. The molecule has 0 saturated heterocycles. The number of amides is 2. The average molecular weight is 575 g/mol. The van der Waals surface area contributed by atoms with E-state index in [-0.39, 0.29) is 38.9 Å². The number of hydrogen-bond acceptors (Lipinski definition) is 10. The maximum absolute atomic E-state index is 11.2. The van der Waals surface area contributed by atoms with Crippen LogP contribution in [0.3, 0.4) is 0 Å². The summed E-state index contributed by atoms with van der Waals surface area (Å²) >= 11 is 2.94. The van der Waals surface area contributed by atoms with Crippen molar-refractivity contribution in [3.8, 4) is 0 Å². The van der Waals surface area contributed by atoms with Crippen molar-refractivity contribution in [1.29, 1.82) is 0 Å². The smallest absolute Gasteiger partial charge is 0.407 e.